The van der Waals surface area contributed by atoms with Crippen molar-refractivity contribution in [2.45, 2.75) is 19.3 Å². The van der Waals surface area contributed by atoms with Crippen molar-refractivity contribution in [3.8, 4) is 0 Å². The summed E-state index contributed by atoms with van der Waals surface area (Å²) in [5, 5.41) is 6.03. The number of benzene rings is 1. The SMILES string of the molecule is COC(=O)Cc1csc(NCCCc2ccccc2)n1. The summed E-state index contributed by atoms with van der Waals surface area (Å²) in [5.41, 5.74) is 2.10. The van der Waals surface area contributed by atoms with Gasteiger partial charge in [-0.2, -0.15) is 0 Å². The molecule has 4 nitrogen and oxygen atoms in total. The van der Waals surface area contributed by atoms with E-state index in [0.29, 0.717) is 0 Å². The Morgan fingerprint density at radius 1 is 1.35 bits per heavy atom. The van der Waals surface area contributed by atoms with Gasteiger partial charge in [0.25, 0.3) is 0 Å². The van der Waals surface area contributed by atoms with Gasteiger partial charge in [-0.25, -0.2) is 4.98 Å². The minimum atomic E-state index is -0.258. The van der Waals surface area contributed by atoms with Crippen molar-refractivity contribution in [3.63, 3.8) is 0 Å². The molecule has 1 aromatic heterocycles. The number of esters is 1. The average Bonchev–Trinajstić information content (AvgIpc) is 2.92. The predicted octanol–water partition coefficient (Wildman–Crippen LogP) is 2.90. The van der Waals surface area contributed by atoms with Crippen LogP contribution >= 0.6 is 11.3 Å². The fourth-order valence-electron chi connectivity index (χ4n) is 1.82. The zero-order valence-electron chi connectivity index (χ0n) is 11.5. The number of aromatic nitrogens is 1. The summed E-state index contributed by atoms with van der Waals surface area (Å²) in [6.07, 6.45) is 2.34. The Morgan fingerprint density at radius 2 is 2.15 bits per heavy atom. The van der Waals surface area contributed by atoms with Gasteiger partial charge in [-0.3, -0.25) is 4.79 Å². The number of carbonyl (C=O) groups excluding carboxylic acids is 1. The van der Waals surface area contributed by atoms with E-state index < -0.39 is 0 Å². The second kappa shape index (κ2) is 7.65. The summed E-state index contributed by atoms with van der Waals surface area (Å²) < 4.78 is 4.62. The first-order chi connectivity index (χ1) is 9.78. The van der Waals surface area contributed by atoms with Gasteiger partial charge in [0.1, 0.15) is 0 Å². The number of thiazole rings is 1. The highest BCUT2D eigenvalue weighted by Crippen LogP contribution is 2.16. The smallest absolute Gasteiger partial charge is 0.311 e. The van der Waals surface area contributed by atoms with E-state index in [2.05, 4.69) is 39.3 Å². The Balaban J connectivity index is 1.70. The van der Waals surface area contributed by atoms with Crippen molar-refractivity contribution >= 4 is 22.4 Å². The number of hydrogen-bond donors (Lipinski definition) is 1. The lowest BCUT2D eigenvalue weighted by molar-refractivity contribution is -0.139. The molecule has 0 bridgehead atoms. The number of aryl methyl sites for hydroxylation is 1. The molecule has 5 heteroatoms. The van der Waals surface area contributed by atoms with Gasteiger partial charge in [-0.1, -0.05) is 30.3 Å². The Labute approximate surface area is 122 Å². The van der Waals surface area contributed by atoms with Gasteiger partial charge in [0, 0.05) is 11.9 Å². The molecule has 0 aliphatic heterocycles. The molecule has 0 aliphatic carbocycles. The monoisotopic (exact) mass is 290 g/mol. The molecular formula is C15H18N2O2S. The number of rotatable bonds is 7. The van der Waals surface area contributed by atoms with Crippen LogP contribution in [0.25, 0.3) is 0 Å². The standard InChI is InChI=1S/C15H18N2O2S/c1-19-14(18)10-13-11-20-15(17-13)16-9-5-8-12-6-3-2-4-7-12/h2-4,6-7,11H,5,8-10H2,1H3,(H,16,17). The maximum atomic E-state index is 11.1. The molecule has 0 unspecified atom stereocenters. The fraction of sp³-hybridized carbons (Fsp3) is 0.333. The molecule has 0 radical (unpaired) electrons. The van der Waals surface area contributed by atoms with E-state index in [0.717, 1.165) is 30.2 Å². The third-order valence-corrected chi connectivity index (χ3v) is 3.71. The minimum absolute atomic E-state index is 0.235. The van der Waals surface area contributed by atoms with Crippen LogP contribution in [0.5, 0.6) is 0 Å². The van der Waals surface area contributed by atoms with Gasteiger partial charge >= 0.3 is 5.97 Å². The molecule has 2 aromatic rings. The Bertz CT molecular complexity index is 540. The zero-order valence-corrected chi connectivity index (χ0v) is 12.3. The van der Waals surface area contributed by atoms with E-state index in [-0.39, 0.29) is 12.4 Å². The van der Waals surface area contributed by atoms with Crippen molar-refractivity contribution in [1.82, 2.24) is 4.98 Å². The Hall–Kier alpha value is -1.88. The van der Waals surface area contributed by atoms with Crippen LogP contribution in [-0.4, -0.2) is 24.6 Å². The summed E-state index contributed by atoms with van der Waals surface area (Å²) in [5.74, 6) is -0.258. The quantitative estimate of drug-likeness (QED) is 0.629. The molecule has 0 amide bonds. The second-order valence-electron chi connectivity index (χ2n) is 4.41. The largest absolute Gasteiger partial charge is 0.469 e. The number of anilines is 1. The minimum Gasteiger partial charge on any atom is -0.469 e. The highest BCUT2D eigenvalue weighted by atomic mass is 32.1. The predicted molar refractivity (Wildman–Crippen MR) is 81.1 cm³/mol. The molecule has 1 N–H and O–H groups in total. The van der Waals surface area contributed by atoms with Crippen LogP contribution in [0.15, 0.2) is 35.7 Å². The van der Waals surface area contributed by atoms with E-state index in [1.807, 2.05) is 11.4 Å². The molecule has 2 rings (SSSR count). The van der Waals surface area contributed by atoms with Crippen LogP contribution in [0.4, 0.5) is 5.13 Å². The van der Waals surface area contributed by atoms with E-state index in [1.165, 1.54) is 24.0 Å². The van der Waals surface area contributed by atoms with Crippen molar-refractivity contribution < 1.29 is 9.53 Å². The number of ether oxygens (including phenoxy) is 1. The normalized spacial score (nSPS) is 10.2. The van der Waals surface area contributed by atoms with Crippen LogP contribution < -0.4 is 5.32 Å². The van der Waals surface area contributed by atoms with Gasteiger partial charge in [0.15, 0.2) is 5.13 Å². The van der Waals surface area contributed by atoms with Crippen LogP contribution in [-0.2, 0) is 22.4 Å². The highest BCUT2D eigenvalue weighted by molar-refractivity contribution is 7.13. The molecule has 1 aromatic carbocycles. The molecule has 0 saturated heterocycles. The highest BCUT2D eigenvalue weighted by Gasteiger charge is 2.07. The van der Waals surface area contributed by atoms with E-state index in [1.54, 1.807) is 0 Å². The van der Waals surface area contributed by atoms with Gasteiger partial charge < -0.3 is 10.1 Å². The number of nitrogens with one attached hydrogen (secondary N) is 1. The summed E-state index contributed by atoms with van der Waals surface area (Å²) in [6, 6.07) is 10.4. The summed E-state index contributed by atoms with van der Waals surface area (Å²) in [4.78, 5) is 15.5. The summed E-state index contributed by atoms with van der Waals surface area (Å²) >= 11 is 1.52. The number of hydrogen-bond acceptors (Lipinski definition) is 5. The Kier molecular flexibility index (Phi) is 5.55. The van der Waals surface area contributed by atoms with Crippen molar-refractivity contribution in [2.75, 3.05) is 19.0 Å². The molecule has 1 heterocycles. The lowest BCUT2D eigenvalue weighted by Gasteiger charge is -2.03. The molecule has 0 fully saturated rings. The Morgan fingerprint density at radius 3 is 2.90 bits per heavy atom. The van der Waals surface area contributed by atoms with Crippen LogP contribution in [0, 0.1) is 0 Å². The molecule has 106 valence electrons. The second-order valence-corrected chi connectivity index (χ2v) is 5.27. The van der Waals surface area contributed by atoms with Gasteiger partial charge in [-0.15, -0.1) is 11.3 Å². The molecule has 0 spiro atoms. The summed E-state index contributed by atoms with van der Waals surface area (Å²) in [6.45, 7) is 0.875. The molecular weight excluding hydrogens is 272 g/mol. The lowest BCUT2D eigenvalue weighted by Crippen LogP contribution is -2.06. The van der Waals surface area contributed by atoms with Crippen molar-refractivity contribution in [1.29, 1.82) is 0 Å². The maximum absolute atomic E-state index is 11.1. The first-order valence-electron chi connectivity index (χ1n) is 6.57. The van der Waals surface area contributed by atoms with E-state index in [4.69, 9.17) is 0 Å². The van der Waals surface area contributed by atoms with Crippen LogP contribution in [0.1, 0.15) is 17.7 Å². The lowest BCUT2D eigenvalue weighted by atomic mass is 10.1. The molecule has 0 atom stereocenters. The van der Waals surface area contributed by atoms with Gasteiger partial charge in [0.2, 0.25) is 0 Å². The van der Waals surface area contributed by atoms with Crippen LogP contribution in [0.2, 0.25) is 0 Å². The number of carbonyl (C=O) groups is 1. The zero-order chi connectivity index (χ0) is 14.2. The third-order valence-electron chi connectivity index (χ3n) is 2.87. The van der Waals surface area contributed by atoms with Crippen molar-refractivity contribution in [3.05, 3.63) is 47.0 Å². The van der Waals surface area contributed by atoms with Gasteiger partial charge in [-0.05, 0) is 18.4 Å². The van der Waals surface area contributed by atoms with Gasteiger partial charge in [0.05, 0.1) is 19.2 Å². The van der Waals surface area contributed by atoms with E-state index >= 15 is 0 Å². The molecule has 0 aliphatic rings. The number of methoxy groups -OCH3 is 1. The van der Waals surface area contributed by atoms with Crippen molar-refractivity contribution in [2.24, 2.45) is 0 Å². The molecule has 20 heavy (non-hydrogen) atoms. The first-order valence-corrected chi connectivity index (χ1v) is 7.45. The number of nitrogens with zero attached hydrogens (tertiary/aromatic N) is 1. The maximum Gasteiger partial charge on any atom is 0.311 e. The molecule has 0 saturated carbocycles. The average molecular weight is 290 g/mol. The van der Waals surface area contributed by atoms with E-state index in [9.17, 15) is 4.79 Å². The first kappa shape index (κ1) is 14.5. The van der Waals surface area contributed by atoms with Crippen LogP contribution in [0.3, 0.4) is 0 Å². The topological polar surface area (TPSA) is 51.2 Å². The fourth-order valence-corrected chi connectivity index (χ4v) is 2.56. The summed E-state index contributed by atoms with van der Waals surface area (Å²) in [7, 11) is 1.39. The third kappa shape index (κ3) is 4.66.